The van der Waals surface area contributed by atoms with E-state index in [9.17, 15) is 0 Å². The SMILES string of the molecule is c1ccc(-c2ccc(Nc3cccc(-c4ccccc4)c3)cc2)cc1.c1ccc(-c2ccccc2Nc2ccc(-c3cccc4ccccc34)cc2)cc1.c1ccc2c(-c3ccc(Nc4ccc(-c5cccc6ccccc56)cc4)cc3)cccc2c1. The summed E-state index contributed by atoms with van der Waals surface area (Å²) in [5.41, 5.74) is 21.3. The number of nitrogens with one attached hydrogen (secondary N) is 3. The Balaban J connectivity index is 0.000000122. The second-order valence-corrected chi connectivity index (χ2v) is 21.5. The first-order chi connectivity index (χ1) is 43.1. The van der Waals surface area contributed by atoms with E-state index in [0.717, 1.165) is 34.1 Å². The fraction of sp³-hybridized carbons (Fsp3) is 0. The first kappa shape index (κ1) is 54.7. The van der Waals surface area contributed by atoms with E-state index in [1.165, 1.54) is 99.1 Å². The van der Waals surface area contributed by atoms with E-state index in [4.69, 9.17) is 0 Å². The number of para-hydroxylation sites is 1. The van der Waals surface area contributed by atoms with Crippen molar-refractivity contribution in [3.8, 4) is 66.8 Å². The average molecular weight is 1110 g/mol. The van der Waals surface area contributed by atoms with E-state index < -0.39 is 0 Å². The highest BCUT2D eigenvalue weighted by molar-refractivity contribution is 5.99. The summed E-state index contributed by atoms with van der Waals surface area (Å²) in [6, 6.07) is 128. The first-order valence-electron chi connectivity index (χ1n) is 29.6. The lowest BCUT2D eigenvalue weighted by Crippen LogP contribution is -1.93. The molecule has 0 aliphatic heterocycles. The Kier molecular flexibility index (Phi) is 16.6. The number of fused-ring (bicyclic) bond motifs is 3. The molecule has 0 bridgehead atoms. The summed E-state index contributed by atoms with van der Waals surface area (Å²) in [4.78, 5) is 0. The standard InChI is InChI=1S/C32H23N.C28H21N.C24H19N/c1-3-11-29-23(7-1)9-5-13-31(29)25-15-19-27(20-16-25)33-28-21-17-26(18-22-28)32-14-6-10-24-8-2-4-12-30(24)32;1-2-9-22(10-3-1)27-14-6-7-16-28(27)29-24-19-17-23(18-20-24)26-15-8-12-21-11-4-5-13-25(21)26;1-3-8-19(9-4-1)21-14-16-23(17-15-21)25-24-13-7-12-22(18-24)20-10-5-2-6-11-20/h1-22,33H;1-20,29H;1-18,25H. The molecule has 414 valence electrons. The third-order valence-electron chi connectivity index (χ3n) is 15.8. The van der Waals surface area contributed by atoms with E-state index in [1.807, 2.05) is 18.2 Å². The largest absolute Gasteiger partial charge is 0.356 e. The highest BCUT2D eigenvalue weighted by atomic mass is 14.9. The van der Waals surface area contributed by atoms with Crippen molar-refractivity contribution in [3.05, 3.63) is 364 Å². The maximum Gasteiger partial charge on any atom is 0.0463 e. The van der Waals surface area contributed by atoms with Crippen LogP contribution in [0.2, 0.25) is 0 Å². The Bertz CT molecular complexity index is 4580. The van der Waals surface area contributed by atoms with Gasteiger partial charge < -0.3 is 16.0 Å². The molecule has 0 saturated carbocycles. The van der Waals surface area contributed by atoms with Gasteiger partial charge in [0, 0.05) is 39.7 Å². The molecule has 0 fully saturated rings. The van der Waals surface area contributed by atoms with Gasteiger partial charge >= 0.3 is 0 Å². The van der Waals surface area contributed by atoms with Gasteiger partial charge in [0.2, 0.25) is 0 Å². The summed E-state index contributed by atoms with van der Waals surface area (Å²) in [6.07, 6.45) is 0. The van der Waals surface area contributed by atoms with Gasteiger partial charge in [0.15, 0.2) is 0 Å². The van der Waals surface area contributed by atoms with Crippen molar-refractivity contribution in [1.29, 1.82) is 0 Å². The number of benzene rings is 15. The minimum atomic E-state index is 1.08. The Hall–Kier alpha value is -11.5. The van der Waals surface area contributed by atoms with Gasteiger partial charge in [-0.05, 0) is 160 Å². The van der Waals surface area contributed by atoms with E-state index in [2.05, 4.69) is 362 Å². The van der Waals surface area contributed by atoms with Crippen LogP contribution in [0.1, 0.15) is 0 Å². The molecule has 0 aliphatic rings. The van der Waals surface area contributed by atoms with Gasteiger partial charge in [-0.1, -0.05) is 297 Å². The second-order valence-electron chi connectivity index (χ2n) is 21.5. The lowest BCUT2D eigenvalue weighted by atomic mass is 9.98. The summed E-state index contributed by atoms with van der Waals surface area (Å²) in [7, 11) is 0. The molecule has 15 rings (SSSR count). The van der Waals surface area contributed by atoms with Crippen molar-refractivity contribution < 1.29 is 0 Å². The molecule has 0 spiro atoms. The van der Waals surface area contributed by atoms with Crippen molar-refractivity contribution in [2.75, 3.05) is 16.0 Å². The lowest BCUT2D eigenvalue weighted by Gasteiger charge is -2.13. The molecule has 87 heavy (non-hydrogen) atoms. The van der Waals surface area contributed by atoms with Gasteiger partial charge in [-0.15, -0.1) is 0 Å². The van der Waals surface area contributed by atoms with Crippen molar-refractivity contribution >= 4 is 66.4 Å². The van der Waals surface area contributed by atoms with Crippen molar-refractivity contribution in [2.45, 2.75) is 0 Å². The lowest BCUT2D eigenvalue weighted by molar-refractivity contribution is 1.53. The average Bonchev–Trinajstić information content (AvgIpc) is 3.77. The molecule has 0 heterocycles. The number of hydrogen-bond acceptors (Lipinski definition) is 3. The van der Waals surface area contributed by atoms with Crippen molar-refractivity contribution in [3.63, 3.8) is 0 Å². The van der Waals surface area contributed by atoms with Gasteiger partial charge in [0.05, 0.1) is 0 Å². The van der Waals surface area contributed by atoms with Gasteiger partial charge in [-0.25, -0.2) is 0 Å². The molecule has 0 aromatic heterocycles. The van der Waals surface area contributed by atoms with E-state index in [0.29, 0.717) is 0 Å². The third-order valence-corrected chi connectivity index (χ3v) is 15.8. The fourth-order valence-corrected chi connectivity index (χ4v) is 11.4. The van der Waals surface area contributed by atoms with Crippen molar-refractivity contribution in [2.24, 2.45) is 0 Å². The third kappa shape index (κ3) is 13.2. The summed E-state index contributed by atoms with van der Waals surface area (Å²) in [5, 5.41) is 18.3. The Labute approximate surface area is 510 Å². The van der Waals surface area contributed by atoms with Crippen LogP contribution in [0.25, 0.3) is 99.1 Å². The predicted octanol–water partition coefficient (Wildman–Crippen LogP) is 23.8. The molecule has 0 amide bonds. The molecule has 0 radical (unpaired) electrons. The molecule has 0 unspecified atom stereocenters. The normalized spacial score (nSPS) is 10.8. The van der Waals surface area contributed by atoms with Gasteiger partial charge in [0.1, 0.15) is 0 Å². The molecule has 3 nitrogen and oxygen atoms in total. The molecular weight excluding hydrogens is 1050 g/mol. The topological polar surface area (TPSA) is 36.1 Å². The van der Waals surface area contributed by atoms with Crippen LogP contribution in [-0.2, 0) is 0 Å². The molecule has 3 N–H and O–H groups in total. The zero-order chi connectivity index (χ0) is 58.4. The van der Waals surface area contributed by atoms with Crippen LogP contribution in [0, 0.1) is 0 Å². The van der Waals surface area contributed by atoms with Gasteiger partial charge in [0.25, 0.3) is 0 Å². The van der Waals surface area contributed by atoms with Crippen LogP contribution in [0.15, 0.2) is 364 Å². The smallest absolute Gasteiger partial charge is 0.0463 e. The predicted molar refractivity (Wildman–Crippen MR) is 374 cm³/mol. The number of rotatable bonds is 12. The summed E-state index contributed by atoms with van der Waals surface area (Å²) in [5.74, 6) is 0. The second kappa shape index (κ2) is 26.4. The Morgan fingerprint density at radius 1 is 0.149 bits per heavy atom. The number of anilines is 6. The van der Waals surface area contributed by atoms with Crippen LogP contribution < -0.4 is 16.0 Å². The van der Waals surface area contributed by atoms with Crippen LogP contribution >= 0.6 is 0 Å². The van der Waals surface area contributed by atoms with Crippen LogP contribution in [-0.4, -0.2) is 0 Å². The zero-order valence-corrected chi connectivity index (χ0v) is 48.1. The minimum absolute atomic E-state index is 1.08. The molecule has 3 heteroatoms. The Morgan fingerprint density at radius 2 is 0.425 bits per heavy atom. The fourth-order valence-electron chi connectivity index (χ4n) is 11.4. The van der Waals surface area contributed by atoms with E-state index >= 15 is 0 Å². The van der Waals surface area contributed by atoms with E-state index in [-0.39, 0.29) is 0 Å². The minimum Gasteiger partial charge on any atom is -0.356 e. The molecule has 0 saturated heterocycles. The van der Waals surface area contributed by atoms with Crippen LogP contribution in [0.3, 0.4) is 0 Å². The van der Waals surface area contributed by atoms with Gasteiger partial charge in [-0.2, -0.15) is 0 Å². The highest BCUT2D eigenvalue weighted by Gasteiger charge is 2.10. The molecule has 15 aromatic carbocycles. The number of hydrogen-bond donors (Lipinski definition) is 3. The molecular formula is C84H63N3. The first-order valence-corrected chi connectivity index (χ1v) is 29.6. The van der Waals surface area contributed by atoms with E-state index in [1.54, 1.807) is 0 Å². The highest BCUT2D eigenvalue weighted by Crippen LogP contribution is 2.36. The van der Waals surface area contributed by atoms with Gasteiger partial charge in [-0.3, -0.25) is 0 Å². The van der Waals surface area contributed by atoms with Crippen molar-refractivity contribution in [1.82, 2.24) is 0 Å². The van der Waals surface area contributed by atoms with Crippen LogP contribution in [0.5, 0.6) is 0 Å². The maximum atomic E-state index is 3.59. The molecule has 0 aliphatic carbocycles. The monoisotopic (exact) mass is 1110 g/mol. The van der Waals surface area contributed by atoms with Crippen LogP contribution in [0.4, 0.5) is 34.1 Å². The summed E-state index contributed by atoms with van der Waals surface area (Å²) in [6.45, 7) is 0. The summed E-state index contributed by atoms with van der Waals surface area (Å²) < 4.78 is 0. The maximum absolute atomic E-state index is 3.59. The molecule has 15 aromatic rings. The summed E-state index contributed by atoms with van der Waals surface area (Å²) >= 11 is 0. The molecule has 0 atom stereocenters. The quantitative estimate of drug-likeness (QED) is 0.114. The Morgan fingerprint density at radius 3 is 0.874 bits per heavy atom. The zero-order valence-electron chi connectivity index (χ0n) is 48.1.